The number of para-hydroxylation sites is 1. The third-order valence-corrected chi connectivity index (χ3v) is 5.91. The number of benzene rings is 3. The lowest BCUT2D eigenvalue weighted by molar-refractivity contribution is -0.137. The Morgan fingerprint density at radius 2 is 1.62 bits per heavy atom. The van der Waals surface area contributed by atoms with Gasteiger partial charge in [-0.15, -0.1) is 0 Å². The SMILES string of the molecule is COc1ccccc1C1=C(Nc2cccc(C)c2C)C(=O)N(Cc2ccc(Cl)cc2)C1=O. The molecule has 0 atom stereocenters. The molecule has 6 heteroatoms. The van der Waals surface area contributed by atoms with E-state index in [1.165, 1.54) is 4.90 Å². The summed E-state index contributed by atoms with van der Waals surface area (Å²) in [5.41, 5.74) is 4.79. The van der Waals surface area contributed by atoms with Crippen LogP contribution in [0.5, 0.6) is 5.75 Å². The summed E-state index contributed by atoms with van der Waals surface area (Å²) in [5, 5.41) is 3.84. The first-order chi connectivity index (χ1) is 15.4. The van der Waals surface area contributed by atoms with Gasteiger partial charge < -0.3 is 10.1 Å². The van der Waals surface area contributed by atoms with Crippen molar-refractivity contribution in [3.63, 3.8) is 0 Å². The fourth-order valence-corrected chi connectivity index (χ4v) is 3.86. The number of aryl methyl sites for hydroxylation is 1. The largest absolute Gasteiger partial charge is 0.496 e. The van der Waals surface area contributed by atoms with E-state index in [1.807, 2.05) is 56.3 Å². The number of carbonyl (C=O) groups is 2. The molecule has 0 radical (unpaired) electrons. The Balaban J connectivity index is 1.80. The van der Waals surface area contributed by atoms with Gasteiger partial charge in [-0.05, 0) is 54.8 Å². The molecule has 162 valence electrons. The molecule has 0 aromatic heterocycles. The number of amides is 2. The molecule has 0 spiro atoms. The van der Waals surface area contributed by atoms with Crippen molar-refractivity contribution >= 4 is 34.7 Å². The number of hydrogen-bond acceptors (Lipinski definition) is 4. The molecule has 0 saturated carbocycles. The zero-order valence-electron chi connectivity index (χ0n) is 18.1. The van der Waals surface area contributed by atoms with Crippen LogP contribution in [0, 0.1) is 13.8 Å². The van der Waals surface area contributed by atoms with Crippen LogP contribution in [-0.2, 0) is 16.1 Å². The summed E-state index contributed by atoms with van der Waals surface area (Å²) in [6, 6.07) is 20.1. The molecular weight excluding hydrogens is 424 g/mol. The molecule has 2 amide bonds. The van der Waals surface area contributed by atoms with E-state index in [1.54, 1.807) is 31.4 Å². The molecule has 0 saturated heterocycles. The van der Waals surface area contributed by atoms with Crippen LogP contribution < -0.4 is 10.1 Å². The Labute approximate surface area is 192 Å². The fourth-order valence-electron chi connectivity index (χ4n) is 3.73. The van der Waals surface area contributed by atoms with E-state index in [2.05, 4.69) is 5.32 Å². The molecule has 3 aromatic carbocycles. The van der Waals surface area contributed by atoms with E-state index in [4.69, 9.17) is 16.3 Å². The maximum Gasteiger partial charge on any atom is 0.278 e. The second-order valence-electron chi connectivity index (χ2n) is 7.65. The van der Waals surface area contributed by atoms with E-state index in [0.29, 0.717) is 21.9 Å². The monoisotopic (exact) mass is 446 g/mol. The van der Waals surface area contributed by atoms with Crippen LogP contribution in [-0.4, -0.2) is 23.8 Å². The molecule has 0 aliphatic carbocycles. The first-order valence-corrected chi connectivity index (χ1v) is 10.6. The Morgan fingerprint density at radius 3 is 2.34 bits per heavy atom. The first-order valence-electron chi connectivity index (χ1n) is 10.2. The molecular formula is C26H23ClN2O3. The van der Waals surface area contributed by atoms with Crippen LogP contribution in [0.3, 0.4) is 0 Å². The van der Waals surface area contributed by atoms with Gasteiger partial charge in [0.2, 0.25) is 0 Å². The van der Waals surface area contributed by atoms with E-state index >= 15 is 0 Å². The second-order valence-corrected chi connectivity index (χ2v) is 8.08. The maximum atomic E-state index is 13.5. The van der Waals surface area contributed by atoms with Gasteiger partial charge in [-0.25, -0.2) is 0 Å². The van der Waals surface area contributed by atoms with E-state index in [-0.39, 0.29) is 24.1 Å². The summed E-state index contributed by atoms with van der Waals surface area (Å²) in [5.74, 6) is -0.230. The van der Waals surface area contributed by atoms with Gasteiger partial charge in [-0.1, -0.05) is 54.1 Å². The number of nitrogens with one attached hydrogen (secondary N) is 1. The van der Waals surface area contributed by atoms with Crippen LogP contribution >= 0.6 is 11.6 Å². The van der Waals surface area contributed by atoms with Gasteiger partial charge in [0.25, 0.3) is 11.8 Å². The van der Waals surface area contributed by atoms with Gasteiger partial charge in [0, 0.05) is 16.3 Å². The first kappa shape index (κ1) is 21.7. The van der Waals surface area contributed by atoms with Crippen molar-refractivity contribution in [1.82, 2.24) is 4.90 Å². The zero-order chi connectivity index (χ0) is 22.8. The quantitative estimate of drug-likeness (QED) is 0.518. The molecule has 0 unspecified atom stereocenters. The Bertz CT molecular complexity index is 1230. The van der Waals surface area contributed by atoms with Crippen molar-refractivity contribution in [2.75, 3.05) is 12.4 Å². The number of halogens is 1. The second kappa shape index (κ2) is 8.89. The third kappa shape index (κ3) is 3.99. The maximum absolute atomic E-state index is 13.5. The number of nitrogens with zero attached hydrogens (tertiary/aromatic N) is 1. The highest BCUT2D eigenvalue weighted by Crippen LogP contribution is 2.36. The fraction of sp³-hybridized carbons (Fsp3) is 0.154. The number of ether oxygens (including phenoxy) is 1. The van der Waals surface area contributed by atoms with E-state index in [9.17, 15) is 9.59 Å². The third-order valence-electron chi connectivity index (χ3n) is 5.66. The molecule has 5 nitrogen and oxygen atoms in total. The van der Waals surface area contributed by atoms with Crippen molar-refractivity contribution in [2.24, 2.45) is 0 Å². The van der Waals surface area contributed by atoms with Gasteiger partial charge in [0.05, 0.1) is 19.2 Å². The Kier molecular flexibility index (Phi) is 6.01. The molecule has 1 heterocycles. The van der Waals surface area contributed by atoms with Crippen LogP contribution in [0.1, 0.15) is 22.3 Å². The summed E-state index contributed by atoms with van der Waals surface area (Å²) in [6.45, 7) is 4.13. The molecule has 3 aromatic rings. The van der Waals surface area contributed by atoms with Crippen LogP contribution in [0.25, 0.3) is 5.57 Å². The number of imide groups is 1. The highest BCUT2D eigenvalue weighted by atomic mass is 35.5. The highest BCUT2D eigenvalue weighted by molar-refractivity contribution is 6.37. The van der Waals surface area contributed by atoms with Gasteiger partial charge in [-0.3, -0.25) is 14.5 Å². The summed E-state index contributed by atoms with van der Waals surface area (Å²) < 4.78 is 5.49. The van der Waals surface area contributed by atoms with Crippen molar-refractivity contribution in [1.29, 1.82) is 0 Å². The van der Waals surface area contributed by atoms with Gasteiger partial charge in [-0.2, -0.15) is 0 Å². The van der Waals surface area contributed by atoms with E-state index < -0.39 is 0 Å². The summed E-state index contributed by atoms with van der Waals surface area (Å²) >= 11 is 5.98. The minimum Gasteiger partial charge on any atom is -0.496 e. The molecule has 0 bridgehead atoms. The zero-order valence-corrected chi connectivity index (χ0v) is 18.9. The summed E-state index contributed by atoms with van der Waals surface area (Å²) in [7, 11) is 1.55. The lowest BCUT2D eigenvalue weighted by Gasteiger charge is -2.16. The molecule has 1 N–H and O–H groups in total. The standard InChI is InChI=1S/C26H23ClN2O3/c1-16-7-6-9-21(17(16)2)28-24-23(20-8-4-5-10-22(20)32-3)25(30)29(26(24)31)15-18-11-13-19(27)14-12-18/h4-14,28H,15H2,1-3H3. The van der Waals surface area contributed by atoms with Gasteiger partial charge in [0.1, 0.15) is 11.4 Å². The molecule has 1 aliphatic rings. The van der Waals surface area contributed by atoms with Crippen LogP contribution in [0.2, 0.25) is 5.02 Å². The molecule has 1 aliphatic heterocycles. The Morgan fingerprint density at radius 1 is 0.906 bits per heavy atom. The van der Waals surface area contributed by atoms with Crippen molar-refractivity contribution in [3.8, 4) is 5.75 Å². The minimum atomic E-state index is -0.383. The number of rotatable bonds is 6. The van der Waals surface area contributed by atoms with Gasteiger partial charge >= 0.3 is 0 Å². The topological polar surface area (TPSA) is 58.6 Å². The Hall–Kier alpha value is -3.57. The number of hydrogen-bond donors (Lipinski definition) is 1. The normalized spacial score (nSPS) is 13.7. The lowest BCUT2D eigenvalue weighted by atomic mass is 10.0. The number of methoxy groups -OCH3 is 1. The highest BCUT2D eigenvalue weighted by Gasteiger charge is 2.40. The average molecular weight is 447 g/mol. The van der Waals surface area contributed by atoms with Crippen molar-refractivity contribution in [3.05, 3.63) is 99.7 Å². The minimum absolute atomic E-state index is 0.144. The summed E-state index contributed by atoms with van der Waals surface area (Å²) in [4.78, 5) is 28.3. The lowest BCUT2D eigenvalue weighted by Crippen LogP contribution is -2.32. The number of anilines is 1. The number of carbonyl (C=O) groups excluding carboxylic acids is 2. The van der Waals surface area contributed by atoms with Crippen LogP contribution in [0.4, 0.5) is 5.69 Å². The summed E-state index contributed by atoms with van der Waals surface area (Å²) in [6.07, 6.45) is 0. The van der Waals surface area contributed by atoms with Crippen molar-refractivity contribution < 1.29 is 14.3 Å². The van der Waals surface area contributed by atoms with E-state index in [0.717, 1.165) is 22.4 Å². The van der Waals surface area contributed by atoms with Crippen molar-refractivity contribution in [2.45, 2.75) is 20.4 Å². The van der Waals surface area contributed by atoms with Gasteiger partial charge in [0.15, 0.2) is 0 Å². The molecule has 0 fully saturated rings. The average Bonchev–Trinajstić information content (AvgIpc) is 3.02. The molecule has 32 heavy (non-hydrogen) atoms. The van der Waals surface area contributed by atoms with Crippen LogP contribution in [0.15, 0.2) is 72.4 Å². The predicted octanol–water partition coefficient (Wildman–Crippen LogP) is 5.36. The smallest absolute Gasteiger partial charge is 0.278 e. The molecule has 4 rings (SSSR count). The predicted molar refractivity (Wildman–Crippen MR) is 126 cm³/mol.